The second-order valence-corrected chi connectivity index (χ2v) is 9.51. The molecule has 39 heavy (non-hydrogen) atoms. The Kier molecular flexibility index (Phi) is 8.79. The fraction of sp³-hybridized carbons (Fsp3) is 0.125. The quantitative estimate of drug-likeness (QED) is 0.174. The number of hydrogen-bond acceptors (Lipinski definition) is 4. The molecular weight excluding hydrogens is 515 g/mol. The number of halogens is 2. The van der Waals surface area contributed by atoms with Crippen molar-refractivity contribution in [3.8, 4) is 11.1 Å². The number of carbonyl (C=O) groups is 2. The molecule has 0 aromatic heterocycles. The first-order valence-corrected chi connectivity index (χ1v) is 12.6. The predicted octanol–water partition coefficient (Wildman–Crippen LogP) is 7.25. The Morgan fingerprint density at radius 3 is 2.21 bits per heavy atom. The van der Waals surface area contributed by atoms with Crippen molar-refractivity contribution < 1.29 is 18.7 Å². The van der Waals surface area contributed by atoms with Gasteiger partial charge in [0.05, 0.1) is 13.7 Å². The predicted molar refractivity (Wildman–Crippen MR) is 156 cm³/mol. The number of benzene rings is 4. The Balaban J connectivity index is 1.70. The average molecular weight is 543 g/mol. The number of amides is 1. The summed E-state index contributed by atoms with van der Waals surface area (Å²) in [6, 6.07) is 26.8. The van der Waals surface area contributed by atoms with E-state index < -0.39 is 11.8 Å². The maximum atomic E-state index is 14.7. The van der Waals surface area contributed by atoms with Gasteiger partial charge in [0.2, 0.25) is 0 Å². The molecule has 0 N–H and O–H groups in total. The van der Waals surface area contributed by atoms with E-state index in [1.807, 2.05) is 67.5 Å². The van der Waals surface area contributed by atoms with Crippen LogP contribution in [-0.2, 0) is 16.1 Å². The largest absolute Gasteiger partial charge is 0.466 e. The Morgan fingerprint density at radius 1 is 0.872 bits per heavy atom. The van der Waals surface area contributed by atoms with E-state index in [0.717, 1.165) is 16.8 Å². The first-order valence-electron chi connectivity index (χ1n) is 12.2. The van der Waals surface area contributed by atoms with Gasteiger partial charge in [-0.1, -0.05) is 54.1 Å². The standard InChI is InChI=1S/C32H28ClFN2O3/c1-35(2)28-14-12-23(13-15-28)25-10-11-26(30(33)19-25)21-36(32(38)24-7-5-4-6-8-24)29-18-22(17-27(34)20-29)9-16-31(37)39-3/h4-20H,21H2,1-3H3/b16-9+. The fourth-order valence-corrected chi connectivity index (χ4v) is 4.32. The maximum Gasteiger partial charge on any atom is 0.330 e. The van der Waals surface area contributed by atoms with Gasteiger partial charge in [0.15, 0.2) is 0 Å². The van der Waals surface area contributed by atoms with Crippen LogP contribution >= 0.6 is 11.6 Å². The molecule has 0 radical (unpaired) electrons. The van der Waals surface area contributed by atoms with Gasteiger partial charge >= 0.3 is 5.97 Å². The summed E-state index contributed by atoms with van der Waals surface area (Å²) in [6.07, 6.45) is 2.63. The van der Waals surface area contributed by atoms with Crippen molar-refractivity contribution in [1.29, 1.82) is 0 Å². The normalized spacial score (nSPS) is 10.9. The fourth-order valence-electron chi connectivity index (χ4n) is 4.08. The van der Waals surface area contributed by atoms with Crippen molar-refractivity contribution in [3.63, 3.8) is 0 Å². The van der Waals surface area contributed by atoms with Crippen molar-refractivity contribution in [2.75, 3.05) is 31.0 Å². The van der Waals surface area contributed by atoms with Gasteiger partial charge < -0.3 is 14.5 Å². The van der Waals surface area contributed by atoms with E-state index in [-0.39, 0.29) is 12.5 Å². The molecule has 5 nitrogen and oxygen atoms in total. The van der Waals surface area contributed by atoms with Gasteiger partial charge in [-0.2, -0.15) is 0 Å². The summed E-state index contributed by atoms with van der Waals surface area (Å²) in [6.45, 7) is 0.107. The van der Waals surface area contributed by atoms with E-state index in [1.165, 1.54) is 36.3 Å². The number of nitrogens with zero attached hydrogens (tertiary/aromatic N) is 2. The Hall–Kier alpha value is -4.42. The highest BCUT2D eigenvalue weighted by Gasteiger charge is 2.21. The lowest BCUT2D eigenvalue weighted by atomic mass is 10.0. The number of esters is 1. The molecule has 4 aromatic rings. The summed E-state index contributed by atoms with van der Waals surface area (Å²) in [5.41, 5.74) is 4.92. The molecule has 0 fully saturated rings. The Labute approximate surface area is 232 Å². The summed E-state index contributed by atoms with van der Waals surface area (Å²) in [7, 11) is 5.23. The highest BCUT2D eigenvalue weighted by atomic mass is 35.5. The zero-order valence-corrected chi connectivity index (χ0v) is 22.7. The average Bonchev–Trinajstić information content (AvgIpc) is 2.95. The zero-order valence-electron chi connectivity index (χ0n) is 21.9. The number of anilines is 2. The van der Waals surface area contributed by atoms with Crippen LogP contribution in [0, 0.1) is 5.82 Å². The highest BCUT2D eigenvalue weighted by molar-refractivity contribution is 6.31. The number of carbonyl (C=O) groups excluding carboxylic acids is 2. The molecule has 0 atom stereocenters. The van der Waals surface area contributed by atoms with E-state index in [4.69, 9.17) is 11.6 Å². The monoisotopic (exact) mass is 542 g/mol. The Morgan fingerprint density at radius 2 is 1.56 bits per heavy atom. The molecule has 7 heteroatoms. The van der Waals surface area contributed by atoms with E-state index in [9.17, 15) is 14.0 Å². The molecule has 198 valence electrons. The summed E-state index contributed by atoms with van der Waals surface area (Å²) in [4.78, 5) is 28.7. The van der Waals surface area contributed by atoms with Gasteiger partial charge in [-0.25, -0.2) is 9.18 Å². The van der Waals surface area contributed by atoms with Gasteiger partial charge in [0.25, 0.3) is 5.91 Å². The second kappa shape index (κ2) is 12.4. The van der Waals surface area contributed by atoms with Gasteiger partial charge in [-0.3, -0.25) is 4.79 Å². The molecule has 1 amide bonds. The van der Waals surface area contributed by atoms with Crippen LogP contribution in [0.15, 0.2) is 97.1 Å². The SMILES string of the molecule is COC(=O)/C=C/c1cc(F)cc(N(Cc2ccc(-c3ccc(N(C)C)cc3)cc2Cl)C(=O)c2ccccc2)c1. The van der Waals surface area contributed by atoms with Crippen molar-refractivity contribution in [2.24, 2.45) is 0 Å². The molecule has 0 unspecified atom stereocenters. The van der Waals surface area contributed by atoms with Crippen LogP contribution in [0.3, 0.4) is 0 Å². The third-order valence-corrected chi connectivity index (χ3v) is 6.55. The summed E-state index contributed by atoms with van der Waals surface area (Å²) >= 11 is 6.72. The van der Waals surface area contributed by atoms with E-state index in [2.05, 4.69) is 4.74 Å². The molecule has 0 saturated carbocycles. The van der Waals surface area contributed by atoms with E-state index in [0.29, 0.717) is 27.4 Å². The number of ether oxygens (including phenoxy) is 1. The highest BCUT2D eigenvalue weighted by Crippen LogP contribution is 2.30. The van der Waals surface area contributed by atoms with E-state index >= 15 is 0 Å². The van der Waals surface area contributed by atoms with Crippen molar-refractivity contribution in [2.45, 2.75) is 6.54 Å². The third-order valence-electron chi connectivity index (χ3n) is 6.19. The second-order valence-electron chi connectivity index (χ2n) is 9.10. The molecule has 0 aliphatic heterocycles. The van der Waals surface area contributed by atoms with E-state index in [1.54, 1.807) is 30.3 Å². The topological polar surface area (TPSA) is 49.9 Å². The zero-order chi connectivity index (χ0) is 27.9. The molecule has 0 aliphatic carbocycles. The van der Waals surface area contributed by atoms with Crippen LogP contribution in [0.4, 0.5) is 15.8 Å². The Bertz CT molecular complexity index is 1500. The van der Waals surface area contributed by atoms with Crippen LogP contribution in [0.5, 0.6) is 0 Å². The first kappa shape index (κ1) is 27.6. The van der Waals surface area contributed by atoms with Gasteiger partial charge in [0, 0.05) is 42.1 Å². The summed E-state index contributed by atoms with van der Waals surface area (Å²) < 4.78 is 19.3. The molecule has 0 saturated heterocycles. The molecular formula is C32H28ClFN2O3. The lowest BCUT2D eigenvalue weighted by Gasteiger charge is -2.24. The van der Waals surface area contributed by atoms with Gasteiger partial charge in [-0.05, 0) is 76.9 Å². The molecule has 4 rings (SSSR count). The van der Waals surface area contributed by atoms with Crippen molar-refractivity contribution in [3.05, 3.63) is 125 Å². The first-order chi connectivity index (χ1) is 18.7. The molecule has 4 aromatic carbocycles. The molecule has 0 aliphatic rings. The number of methoxy groups -OCH3 is 1. The minimum Gasteiger partial charge on any atom is -0.466 e. The number of hydrogen-bond donors (Lipinski definition) is 0. The van der Waals surface area contributed by atoms with Crippen LogP contribution in [-0.4, -0.2) is 33.1 Å². The van der Waals surface area contributed by atoms with Crippen LogP contribution < -0.4 is 9.80 Å². The minimum atomic E-state index is -0.568. The summed E-state index contributed by atoms with van der Waals surface area (Å²) in [5, 5.41) is 0.484. The minimum absolute atomic E-state index is 0.107. The van der Waals surface area contributed by atoms with Crippen LogP contribution in [0.1, 0.15) is 21.5 Å². The van der Waals surface area contributed by atoms with Gasteiger partial charge in [0.1, 0.15) is 5.82 Å². The summed E-state index contributed by atoms with van der Waals surface area (Å²) in [5.74, 6) is -1.43. The number of rotatable bonds is 8. The van der Waals surface area contributed by atoms with Gasteiger partial charge in [-0.15, -0.1) is 0 Å². The van der Waals surface area contributed by atoms with Crippen LogP contribution in [0.25, 0.3) is 17.2 Å². The molecule has 0 bridgehead atoms. The van der Waals surface area contributed by atoms with Crippen molar-refractivity contribution in [1.82, 2.24) is 0 Å². The lowest BCUT2D eigenvalue weighted by molar-refractivity contribution is -0.134. The van der Waals surface area contributed by atoms with Crippen LogP contribution in [0.2, 0.25) is 5.02 Å². The van der Waals surface area contributed by atoms with Crippen molar-refractivity contribution >= 4 is 40.9 Å². The third kappa shape index (κ3) is 6.92. The maximum absolute atomic E-state index is 14.7. The molecule has 0 spiro atoms. The molecule has 0 heterocycles. The lowest BCUT2D eigenvalue weighted by Crippen LogP contribution is -2.30. The smallest absolute Gasteiger partial charge is 0.330 e.